The zero-order valence-electron chi connectivity index (χ0n) is 18.8. The van der Waals surface area contributed by atoms with E-state index in [9.17, 15) is 28.8 Å². The number of thioether (sulfide) groups is 1. The number of ether oxygens (including phenoxy) is 1. The first kappa shape index (κ1) is 25.4. The van der Waals surface area contributed by atoms with E-state index in [1.165, 1.54) is 23.6 Å². The van der Waals surface area contributed by atoms with Crippen LogP contribution in [0.5, 0.6) is 0 Å². The van der Waals surface area contributed by atoms with Crippen LogP contribution in [-0.2, 0) is 38.3 Å². The van der Waals surface area contributed by atoms with E-state index in [-0.39, 0.29) is 42.8 Å². The Kier molecular flexibility index (Phi) is 9.02. The van der Waals surface area contributed by atoms with Gasteiger partial charge in [0.25, 0.3) is 11.8 Å². The van der Waals surface area contributed by atoms with Gasteiger partial charge in [-0.3, -0.25) is 28.9 Å². The largest absolute Gasteiger partial charge is 0.380 e. The maximum Gasteiger partial charge on any atom is 0.336 e. The first-order valence-corrected chi connectivity index (χ1v) is 12.4. The molecule has 33 heavy (non-hydrogen) atoms. The monoisotopic (exact) mass is 482 g/mol. The molecule has 0 aromatic rings. The minimum Gasteiger partial charge on any atom is -0.380 e. The van der Waals surface area contributed by atoms with Crippen LogP contribution in [0.4, 0.5) is 0 Å². The van der Waals surface area contributed by atoms with Crippen LogP contribution < -0.4 is 0 Å². The van der Waals surface area contributed by atoms with Gasteiger partial charge in [0, 0.05) is 38.0 Å². The Morgan fingerprint density at radius 2 is 1.64 bits per heavy atom. The second kappa shape index (κ2) is 11.7. The number of ketones is 1. The fraction of sp³-hybridized carbons (Fsp3) is 0.727. The van der Waals surface area contributed by atoms with Gasteiger partial charge < -0.3 is 9.57 Å². The highest BCUT2D eigenvalue weighted by molar-refractivity contribution is 8.00. The summed E-state index contributed by atoms with van der Waals surface area (Å²) in [5, 5.41) is 0.165. The Bertz CT molecular complexity index is 792. The molecule has 2 aliphatic heterocycles. The van der Waals surface area contributed by atoms with Gasteiger partial charge in [-0.2, -0.15) is 0 Å². The predicted octanol–water partition coefficient (Wildman–Crippen LogP) is 1.26. The van der Waals surface area contributed by atoms with Crippen molar-refractivity contribution in [2.45, 2.75) is 63.5 Å². The van der Waals surface area contributed by atoms with E-state index in [0.29, 0.717) is 62.7 Å². The fourth-order valence-corrected chi connectivity index (χ4v) is 5.23. The van der Waals surface area contributed by atoms with Crippen molar-refractivity contribution in [3.8, 4) is 0 Å². The van der Waals surface area contributed by atoms with Crippen molar-refractivity contribution in [1.29, 1.82) is 0 Å². The molecule has 2 saturated heterocycles. The number of rotatable bonds is 11. The van der Waals surface area contributed by atoms with E-state index in [1.54, 1.807) is 0 Å². The summed E-state index contributed by atoms with van der Waals surface area (Å²) in [7, 11) is 0. The third-order valence-corrected chi connectivity index (χ3v) is 7.33. The lowest BCUT2D eigenvalue weighted by atomic mass is 9.82. The Morgan fingerprint density at radius 1 is 0.970 bits per heavy atom. The number of hydrogen-bond donors (Lipinski definition) is 0. The molecule has 10 nitrogen and oxygen atoms in total. The van der Waals surface area contributed by atoms with Crippen LogP contribution in [0.15, 0.2) is 0 Å². The fourth-order valence-electron chi connectivity index (χ4n) is 4.20. The number of Topliss-reactive ketones (excluding diaryl/α,β-unsaturated/α-hetero) is 1. The maximum atomic E-state index is 12.7. The van der Waals surface area contributed by atoms with Crippen molar-refractivity contribution in [3.05, 3.63) is 0 Å². The second-order valence-corrected chi connectivity index (χ2v) is 9.99. The summed E-state index contributed by atoms with van der Waals surface area (Å²) in [6.07, 6.45) is 3.01. The quantitative estimate of drug-likeness (QED) is 0.316. The van der Waals surface area contributed by atoms with Gasteiger partial charge >= 0.3 is 5.97 Å². The number of carbonyl (C=O) groups is 6. The molecule has 1 aliphatic carbocycles. The van der Waals surface area contributed by atoms with Gasteiger partial charge in [0.2, 0.25) is 11.8 Å². The standard InChI is InChI=1S/C22H30N2O8S/c1-14(25)8-9-31-10-11-33-17-12-20(28)23(21(17)29)13-15-2-4-16(5-3-15)22(30)32-24-18(26)6-7-19(24)27/h15-17H,2-13H2,1H3. The molecular formula is C22H30N2O8S. The number of carbonyl (C=O) groups excluding carboxylic acids is 6. The minimum atomic E-state index is -0.577. The van der Waals surface area contributed by atoms with Crippen molar-refractivity contribution < 1.29 is 38.3 Å². The normalized spacial score (nSPS) is 25.8. The van der Waals surface area contributed by atoms with E-state index >= 15 is 0 Å². The summed E-state index contributed by atoms with van der Waals surface area (Å²) in [6.45, 7) is 2.63. The van der Waals surface area contributed by atoms with Crippen LogP contribution in [0, 0.1) is 11.8 Å². The average Bonchev–Trinajstić information content (AvgIpc) is 3.23. The highest BCUT2D eigenvalue weighted by atomic mass is 32.2. The van der Waals surface area contributed by atoms with Crippen molar-refractivity contribution in [2.75, 3.05) is 25.5 Å². The lowest BCUT2D eigenvalue weighted by Crippen LogP contribution is -2.39. The van der Waals surface area contributed by atoms with Gasteiger partial charge in [-0.15, -0.1) is 16.8 Å². The second-order valence-electron chi connectivity index (χ2n) is 8.68. The molecule has 0 bridgehead atoms. The number of hydroxylamine groups is 2. The number of amides is 4. The van der Waals surface area contributed by atoms with Crippen LogP contribution in [0.1, 0.15) is 58.3 Å². The third kappa shape index (κ3) is 6.86. The molecule has 1 unspecified atom stereocenters. The molecule has 182 valence electrons. The highest BCUT2D eigenvalue weighted by Crippen LogP contribution is 2.33. The molecule has 0 N–H and O–H groups in total. The molecule has 1 atom stereocenters. The summed E-state index contributed by atoms with van der Waals surface area (Å²) in [6, 6.07) is 0. The molecular weight excluding hydrogens is 452 g/mol. The molecule has 4 amide bonds. The molecule has 3 aliphatic rings. The number of nitrogens with zero attached hydrogens (tertiary/aromatic N) is 2. The van der Waals surface area contributed by atoms with E-state index < -0.39 is 29.0 Å². The molecule has 0 spiro atoms. The molecule has 3 rings (SSSR count). The van der Waals surface area contributed by atoms with E-state index in [2.05, 4.69) is 0 Å². The van der Waals surface area contributed by atoms with E-state index in [1.807, 2.05) is 0 Å². The summed E-state index contributed by atoms with van der Waals surface area (Å²) in [5.74, 6) is -1.58. The van der Waals surface area contributed by atoms with Crippen LogP contribution in [-0.4, -0.2) is 76.1 Å². The summed E-state index contributed by atoms with van der Waals surface area (Å²) in [5.41, 5.74) is 0. The summed E-state index contributed by atoms with van der Waals surface area (Å²) < 4.78 is 5.37. The number of imide groups is 2. The Labute approximate surface area is 196 Å². The molecule has 0 aromatic carbocycles. The Hall–Kier alpha value is -2.27. The first-order chi connectivity index (χ1) is 15.8. The van der Waals surface area contributed by atoms with Gasteiger partial charge in [-0.05, 0) is 38.5 Å². The molecule has 0 aromatic heterocycles. The van der Waals surface area contributed by atoms with Crippen LogP contribution in [0.2, 0.25) is 0 Å². The lowest BCUT2D eigenvalue weighted by Gasteiger charge is -2.30. The van der Waals surface area contributed by atoms with Crippen molar-refractivity contribution in [3.63, 3.8) is 0 Å². The van der Waals surface area contributed by atoms with E-state index in [0.717, 1.165) is 0 Å². The smallest absolute Gasteiger partial charge is 0.336 e. The zero-order valence-corrected chi connectivity index (χ0v) is 19.6. The number of likely N-dealkylation sites (tertiary alicyclic amines) is 1. The van der Waals surface area contributed by atoms with Gasteiger partial charge in [0.1, 0.15) is 5.78 Å². The van der Waals surface area contributed by atoms with Gasteiger partial charge in [0.15, 0.2) is 0 Å². The Morgan fingerprint density at radius 3 is 2.27 bits per heavy atom. The lowest BCUT2D eigenvalue weighted by molar-refractivity contribution is -0.201. The van der Waals surface area contributed by atoms with Gasteiger partial charge in [-0.25, -0.2) is 4.79 Å². The predicted molar refractivity (Wildman–Crippen MR) is 116 cm³/mol. The van der Waals surface area contributed by atoms with Crippen molar-refractivity contribution in [2.24, 2.45) is 11.8 Å². The highest BCUT2D eigenvalue weighted by Gasteiger charge is 2.41. The third-order valence-electron chi connectivity index (χ3n) is 6.16. The first-order valence-electron chi connectivity index (χ1n) is 11.4. The summed E-state index contributed by atoms with van der Waals surface area (Å²) in [4.78, 5) is 77.8. The van der Waals surface area contributed by atoms with Gasteiger partial charge in [-0.1, -0.05) is 0 Å². The molecule has 11 heteroatoms. The number of hydrogen-bond acceptors (Lipinski definition) is 9. The maximum absolute atomic E-state index is 12.7. The molecule has 3 fully saturated rings. The minimum absolute atomic E-state index is 0.0584. The molecule has 1 saturated carbocycles. The summed E-state index contributed by atoms with van der Waals surface area (Å²) >= 11 is 1.40. The van der Waals surface area contributed by atoms with Crippen LogP contribution in [0.25, 0.3) is 0 Å². The molecule has 2 heterocycles. The van der Waals surface area contributed by atoms with Crippen molar-refractivity contribution in [1.82, 2.24) is 9.96 Å². The van der Waals surface area contributed by atoms with Gasteiger partial charge in [0.05, 0.1) is 24.4 Å². The van der Waals surface area contributed by atoms with Crippen LogP contribution in [0.3, 0.4) is 0 Å². The molecule has 0 radical (unpaired) electrons. The topological polar surface area (TPSA) is 127 Å². The van der Waals surface area contributed by atoms with E-state index in [4.69, 9.17) is 9.57 Å². The van der Waals surface area contributed by atoms with Crippen LogP contribution >= 0.6 is 11.8 Å². The SMILES string of the molecule is CC(=O)CCOCCSC1CC(=O)N(CC2CCC(C(=O)ON3C(=O)CCC3=O)CC2)C1=O. The van der Waals surface area contributed by atoms with Crippen molar-refractivity contribution >= 4 is 47.1 Å². The average molecular weight is 483 g/mol. The zero-order chi connectivity index (χ0) is 24.0. The Balaban J connectivity index is 1.37.